The molecule has 0 aromatic carbocycles. The van der Waals surface area contributed by atoms with Crippen molar-refractivity contribution in [1.82, 2.24) is 0 Å². The molecular formula is C83H132O17P2. The second kappa shape index (κ2) is 73.5. The average molecular weight is 1460 g/mol. The van der Waals surface area contributed by atoms with Crippen LogP contribution in [0.5, 0.6) is 0 Å². The number of hydrogen-bond acceptors (Lipinski definition) is 15. The van der Waals surface area contributed by atoms with E-state index in [-0.39, 0.29) is 25.7 Å². The zero-order valence-corrected chi connectivity index (χ0v) is 64.5. The molecule has 0 saturated heterocycles. The monoisotopic (exact) mass is 1460 g/mol. The SMILES string of the molecule is CC/C=C\C/C=C\C/C=C\C/C=C\C/C=C\CCCC(=O)OCC(COP(=O)(O)OCC(O)COP(=O)(O)OCC(COC(=O)C/C=C\C/C=C\C/C=C\C/C=C\C/C=C\CC)OC(=O)CCCCCCC/C=C\CCCCCCCC)OC(=O)CCCC/C=C\C/C=C\C/C=C\C/C=C\CC. The number of hydrogen-bond donors (Lipinski definition) is 3. The Morgan fingerprint density at radius 2 is 0.559 bits per heavy atom. The lowest BCUT2D eigenvalue weighted by atomic mass is 10.1. The number of phosphoric ester groups is 2. The van der Waals surface area contributed by atoms with Crippen LogP contribution in [-0.4, -0.2) is 96.7 Å². The minimum atomic E-state index is -5.01. The van der Waals surface area contributed by atoms with Crippen LogP contribution in [0.4, 0.5) is 0 Å². The fourth-order valence-corrected chi connectivity index (χ4v) is 10.8. The van der Waals surface area contributed by atoms with Crippen molar-refractivity contribution in [2.45, 2.75) is 277 Å². The van der Waals surface area contributed by atoms with E-state index in [1.807, 2.05) is 36.5 Å². The number of ether oxygens (including phenoxy) is 4. The molecule has 0 aliphatic rings. The number of rotatable bonds is 69. The molecule has 102 heavy (non-hydrogen) atoms. The van der Waals surface area contributed by atoms with Crippen molar-refractivity contribution in [3.05, 3.63) is 182 Å². The average Bonchev–Trinajstić information content (AvgIpc) is 0.923. The molecule has 576 valence electrons. The first kappa shape index (κ1) is 96.2. The van der Waals surface area contributed by atoms with Crippen molar-refractivity contribution in [2.75, 3.05) is 39.6 Å². The van der Waals surface area contributed by atoms with E-state index in [0.29, 0.717) is 38.5 Å². The van der Waals surface area contributed by atoms with Gasteiger partial charge in [-0.05, 0) is 154 Å². The summed E-state index contributed by atoms with van der Waals surface area (Å²) in [5.41, 5.74) is 0. The van der Waals surface area contributed by atoms with Gasteiger partial charge in [0.25, 0.3) is 0 Å². The first-order valence-electron chi connectivity index (χ1n) is 38.0. The topological polar surface area (TPSA) is 237 Å². The molecule has 0 aromatic heterocycles. The summed E-state index contributed by atoms with van der Waals surface area (Å²) in [5.74, 6) is -2.47. The third kappa shape index (κ3) is 72.5. The van der Waals surface area contributed by atoms with Crippen molar-refractivity contribution in [3.8, 4) is 0 Å². The Bertz CT molecular complexity index is 2650. The van der Waals surface area contributed by atoms with E-state index in [1.54, 1.807) is 6.08 Å². The Balaban J connectivity index is 5.54. The predicted molar refractivity (Wildman–Crippen MR) is 417 cm³/mol. The Hall–Kier alpha value is -5.84. The van der Waals surface area contributed by atoms with Gasteiger partial charge < -0.3 is 33.8 Å². The zero-order valence-electron chi connectivity index (χ0n) is 62.7. The van der Waals surface area contributed by atoms with Crippen LogP contribution in [0, 0.1) is 0 Å². The molecule has 0 aliphatic carbocycles. The predicted octanol–water partition coefficient (Wildman–Crippen LogP) is 22.0. The standard InChI is InChI=1S/C83H132O17P2/c1-5-9-13-17-21-25-29-33-37-38-42-44-48-52-56-60-64-68-81(86)94-74-79(100-83(88)70-66-62-58-54-50-46-41-36-32-28-24-20-16-12-8-4)76-98-102(91,92)96-72-77(84)71-95-101(89,90)97-75-78(99-82(87)69-65-61-57-53-49-45-40-35-31-27-23-19-15-11-7-3)73-93-80(85)67-63-59-55-51-47-43-39-34-30-26-22-18-14-10-6-2/h9-10,12-14,16,21-22,24-26,28,33-37,39-42,44,47,50-52,54,56,59,63,77-79,84H,5-8,11,15,17-20,23,27,29-32,38,43,45-46,48-49,53,55,57-58,60-62,64-76H2,1-4H3,(H,89,90)(H,91,92)/b13-9-,14-10-,16-12-,25-21-,26-22-,28-24-,37-33-,39-34-,40-35-,41-36-,44-42-,51-47-,54-50-,56-52-,63-59-. The van der Waals surface area contributed by atoms with Gasteiger partial charge in [0.15, 0.2) is 12.2 Å². The molecule has 0 saturated carbocycles. The third-order valence-corrected chi connectivity index (χ3v) is 16.8. The first-order chi connectivity index (χ1) is 49.7. The lowest BCUT2D eigenvalue weighted by Gasteiger charge is -2.21. The highest BCUT2D eigenvalue weighted by Crippen LogP contribution is 2.45. The fraction of sp³-hybridized carbons (Fsp3) is 0.590. The van der Waals surface area contributed by atoms with Crippen molar-refractivity contribution in [3.63, 3.8) is 0 Å². The Morgan fingerprint density at radius 3 is 0.931 bits per heavy atom. The minimum absolute atomic E-state index is 0.0208. The van der Waals surface area contributed by atoms with E-state index in [0.717, 1.165) is 128 Å². The maximum absolute atomic E-state index is 13.1. The van der Waals surface area contributed by atoms with E-state index in [1.165, 1.54) is 38.5 Å². The van der Waals surface area contributed by atoms with Crippen molar-refractivity contribution >= 4 is 39.5 Å². The van der Waals surface area contributed by atoms with E-state index in [4.69, 9.17) is 37.0 Å². The van der Waals surface area contributed by atoms with Gasteiger partial charge >= 0.3 is 39.5 Å². The number of aliphatic hydroxyl groups excluding tert-OH is 1. The fourth-order valence-electron chi connectivity index (χ4n) is 9.19. The van der Waals surface area contributed by atoms with Gasteiger partial charge in [0, 0.05) is 19.3 Å². The van der Waals surface area contributed by atoms with E-state index in [9.17, 15) is 43.2 Å². The van der Waals surface area contributed by atoms with Crippen molar-refractivity contribution in [2.24, 2.45) is 0 Å². The summed E-state index contributed by atoms with van der Waals surface area (Å²) in [4.78, 5) is 72.8. The quantitative estimate of drug-likeness (QED) is 0.0169. The van der Waals surface area contributed by atoms with Gasteiger partial charge in [-0.3, -0.25) is 37.3 Å². The molecular weight excluding hydrogens is 1330 g/mol. The number of allylic oxidation sites excluding steroid dienone is 29. The van der Waals surface area contributed by atoms with Crippen LogP contribution in [0.15, 0.2) is 182 Å². The van der Waals surface area contributed by atoms with Gasteiger partial charge in [0.2, 0.25) is 0 Å². The molecule has 5 unspecified atom stereocenters. The van der Waals surface area contributed by atoms with Crippen LogP contribution in [0.3, 0.4) is 0 Å². The summed E-state index contributed by atoms with van der Waals surface area (Å²) < 4.78 is 68.2. The Kier molecular flexibility index (Phi) is 69.3. The summed E-state index contributed by atoms with van der Waals surface area (Å²) in [7, 11) is -10.0. The molecule has 0 aromatic rings. The molecule has 0 aliphatic heterocycles. The zero-order chi connectivity index (χ0) is 74.6. The third-order valence-electron chi connectivity index (χ3n) is 14.9. The molecule has 0 fully saturated rings. The largest absolute Gasteiger partial charge is 0.472 e. The van der Waals surface area contributed by atoms with Crippen molar-refractivity contribution < 1.29 is 80.2 Å². The maximum atomic E-state index is 13.1. The summed E-state index contributed by atoms with van der Waals surface area (Å²) >= 11 is 0. The summed E-state index contributed by atoms with van der Waals surface area (Å²) in [6, 6.07) is 0. The normalized spacial score (nSPS) is 14.9. The lowest BCUT2D eigenvalue weighted by molar-refractivity contribution is -0.161. The second-order valence-corrected chi connectivity index (χ2v) is 27.4. The summed E-state index contributed by atoms with van der Waals surface area (Å²) in [6.45, 7) is 4.25. The number of carbonyl (C=O) groups excluding carboxylic acids is 4. The van der Waals surface area contributed by atoms with Gasteiger partial charge in [-0.1, -0.05) is 261 Å². The van der Waals surface area contributed by atoms with Gasteiger partial charge in [0.1, 0.15) is 19.3 Å². The highest BCUT2D eigenvalue weighted by molar-refractivity contribution is 7.47. The number of unbranched alkanes of at least 4 members (excludes halogenated alkanes) is 14. The maximum Gasteiger partial charge on any atom is 0.472 e. The Labute approximate surface area is 615 Å². The van der Waals surface area contributed by atoms with Crippen LogP contribution in [0.25, 0.3) is 0 Å². The minimum Gasteiger partial charge on any atom is -0.462 e. The van der Waals surface area contributed by atoms with Crippen LogP contribution in [0.2, 0.25) is 0 Å². The van der Waals surface area contributed by atoms with Crippen LogP contribution >= 0.6 is 15.6 Å². The molecule has 3 N–H and O–H groups in total. The van der Waals surface area contributed by atoms with Crippen LogP contribution in [0.1, 0.15) is 259 Å². The van der Waals surface area contributed by atoms with E-state index in [2.05, 4.69) is 167 Å². The van der Waals surface area contributed by atoms with Gasteiger partial charge in [-0.15, -0.1) is 0 Å². The lowest BCUT2D eigenvalue weighted by Crippen LogP contribution is -2.30. The highest BCUT2D eigenvalue weighted by Gasteiger charge is 2.30. The molecule has 0 heterocycles. The van der Waals surface area contributed by atoms with E-state index >= 15 is 0 Å². The van der Waals surface area contributed by atoms with E-state index < -0.39 is 97.5 Å². The van der Waals surface area contributed by atoms with Crippen LogP contribution < -0.4 is 0 Å². The molecule has 0 amide bonds. The summed E-state index contributed by atoms with van der Waals surface area (Å²) in [6.07, 6.45) is 87.9. The number of aliphatic hydroxyl groups is 1. The number of esters is 4. The number of carbonyl (C=O) groups is 4. The molecule has 0 radical (unpaired) electrons. The highest BCUT2D eigenvalue weighted by atomic mass is 31.2. The van der Waals surface area contributed by atoms with Crippen LogP contribution in [-0.2, 0) is 65.4 Å². The molecule has 0 bridgehead atoms. The molecule has 0 rings (SSSR count). The van der Waals surface area contributed by atoms with Crippen molar-refractivity contribution in [1.29, 1.82) is 0 Å². The molecule has 17 nitrogen and oxygen atoms in total. The van der Waals surface area contributed by atoms with Gasteiger partial charge in [-0.25, -0.2) is 9.13 Å². The number of phosphoric acid groups is 2. The Morgan fingerprint density at radius 1 is 0.294 bits per heavy atom. The molecule has 0 spiro atoms. The second-order valence-electron chi connectivity index (χ2n) is 24.5. The van der Waals surface area contributed by atoms with Gasteiger partial charge in [-0.2, -0.15) is 0 Å². The smallest absolute Gasteiger partial charge is 0.462 e. The molecule has 19 heteroatoms. The first-order valence-corrected chi connectivity index (χ1v) is 41.0. The van der Waals surface area contributed by atoms with Gasteiger partial charge in [0.05, 0.1) is 32.8 Å². The summed E-state index contributed by atoms with van der Waals surface area (Å²) in [5, 5.41) is 10.6. The molecule has 5 atom stereocenters.